The smallest absolute Gasteiger partial charge is 0.343 e. The van der Waals surface area contributed by atoms with Crippen LogP contribution in [0.5, 0.6) is 17.2 Å². The lowest BCUT2D eigenvalue weighted by atomic mass is 10.0. The van der Waals surface area contributed by atoms with Gasteiger partial charge in [0.15, 0.2) is 0 Å². The van der Waals surface area contributed by atoms with Gasteiger partial charge in [-0.15, -0.1) is 0 Å². The molecule has 0 atom stereocenters. The molecule has 37 heavy (non-hydrogen) atoms. The fourth-order valence-corrected chi connectivity index (χ4v) is 3.14. The molecule has 0 heterocycles. The van der Waals surface area contributed by atoms with Crippen LogP contribution in [0.1, 0.15) is 30.1 Å². The normalized spacial score (nSPS) is 10.3. The van der Waals surface area contributed by atoms with E-state index in [1.54, 1.807) is 43.3 Å². The predicted octanol–water partition coefficient (Wildman–Crippen LogP) is 5.31. The maximum absolute atomic E-state index is 12.5. The topological polar surface area (TPSA) is 108 Å². The summed E-state index contributed by atoms with van der Waals surface area (Å²) >= 11 is 0. The van der Waals surface area contributed by atoms with Crippen molar-refractivity contribution in [3.05, 3.63) is 90.5 Å². The number of hydrogen-bond acceptors (Lipinski definition) is 7. The summed E-state index contributed by atoms with van der Waals surface area (Å²) in [5.74, 6) is -0.210. The molecule has 0 fully saturated rings. The van der Waals surface area contributed by atoms with E-state index in [0.717, 1.165) is 11.1 Å². The number of ether oxygens (including phenoxy) is 4. The van der Waals surface area contributed by atoms with Crippen molar-refractivity contribution >= 4 is 17.9 Å². The summed E-state index contributed by atoms with van der Waals surface area (Å²) in [6.45, 7) is 5.77. The number of carbonyl (C=O) groups excluding carboxylic acids is 2. The van der Waals surface area contributed by atoms with E-state index in [2.05, 4.69) is 6.58 Å². The molecular formula is C29H28O8. The molecule has 0 amide bonds. The summed E-state index contributed by atoms with van der Waals surface area (Å²) in [7, 11) is 0. The average molecular weight is 505 g/mol. The first-order valence-electron chi connectivity index (χ1n) is 11.6. The van der Waals surface area contributed by atoms with E-state index in [0.29, 0.717) is 41.4 Å². The van der Waals surface area contributed by atoms with Gasteiger partial charge in [0.25, 0.3) is 0 Å². The Hall–Kier alpha value is -4.59. The third-order valence-electron chi connectivity index (χ3n) is 5.08. The van der Waals surface area contributed by atoms with Gasteiger partial charge in [0.05, 0.1) is 12.2 Å². The first kappa shape index (κ1) is 27.0. The number of benzene rings is 3. The molecular weight excluding hydrogens is 476 g/mol. The van der Waals surface area contributed by atoms with E-state index in [1.165, 1.54) is 0 Å². The second-order valence-electron chi connectivity index (χ2n) is 8.07. The predicted molar refractivity (Wildman–Crippen MR) is 137 cm³/mol. The quantitative estimate of drug-likeness (QED) is 0.144. The zero-order chi connectivity index (χ0) is 26.6. The number of aliphatic carboxylic acids is 1. The molecule has 1 N–H and O–H groups in total. The van der Waals surface area contributed by atoms with Crippen molar-refractivity contribution in [3.63, 3.8) is 0 Å². The molecule has 0 aliphatic carbocycles. The van der Waals surface area contributed by atoms with E-state index in [9.17, 15) is 14.4 Å². The highest BCUT2D eigenvalue weighted by atomic mass is 16.6. The lowest BCUT2D eigenvalue weighted by Crippen LogP contribution is -2.12. The molecule has 0 radical (unpaired) electrons. The molecule has 0 spiro atoms. The van der Waals surface area contributed by atoms with Gasteiger partial charge < -0.3 is 24.1 Å². The lowest BCUT2D eigenvalue weighted by Gasteiger charge is -2.09. The van der Waals surface area contributed by atoms with E-state index in [-0.39, 0.29) is 19.6 Å². The fourth-order valence-electron chi connectivity index (χ4n) is 3.14. The Morgan fingerprint density at radius 3 is 1.81 bits per heavy atom. The van der Waals surface area contributed by atoms with Crippen LogP contribution in [-0.4, -0.2) is 42.8 Å². The van der Waals surface area contributed by atoms with Gasteiger partial charge >= 0.3 is 17.9 Å². The molecule has 3 rings (SSSR count). The van der Waals surface area contributed by atoms with Crippen LogP contribution in [0.25, 0.3) is 11.1 Å². The number of esters is 2. The van der Waals surface area contributed by atoms with Crippen molar-refractivity contribution in [1.82, 2.24) is 0 Å². The molecule has 0 saturated carbocycles. The number of carboxylic acids is 1. The summed E-state index contributed by atoms with van der Waals surface area (Å²) in [5, 5.41) is 8.64. The van der Waals surface area contributed by atoms with Crippen LogP contribution >= 0.6 is 0 Å². The third kappa shape index (κ3) is 8.85. The maximum atomic E-state index is 12.5. The Morgan fingerprint density at radius 1 is 0.730 bits per heavy atom. The summed E-state index contributed by atoms with van der Waals surface area (Å²) in [4.78, 5) is 34.4. The Morgan fingerprint density at radius 2 is 1.24 bits per heavy atom. The monoisotopic (exact) mass is 504 g/mol. The van der Waals surface area contributed by atoms with Crippen LogP contribution in [0.4, 0.5) is 0 Å². The summed E-state index contributed by atoms with van der Waals surface area (Å²) < 4.78 is 21.5. The Labute approximate surface area is 215 Å². The summed E-state index contributed by atoms with van der Waals surface area (Å²) in [6.07, 6.45) is 0.458. The molecule has 3 aromatic carbocycles. The molecule has 8 nitrogen and oxygen atoms in total. The van der Waals surface area contributed by atoms with Crippen molar-refractivity contribution in [1.29, 1.82) is 0 Å². The van der Waals surface area contributed by atoms with Crippen molar-refractivity contribution in [3.8, 4) is 28.4 Å². The van der Waals surface area contributed by atoms with E-state index in [4.69, 9.17) is 24.1 Å². The van der Waals surface area contributed by atoms with Crippen LogP contribution in [0, 0.1) is 0 Å². The largest absolute Gasteiger partial charge is 0.494 e. The SMILES string of the molecule is C=C(C)C(=O)OCCOc1ccc(-c2ccc(C(=O)Oc3ccc(OCCCC(=O)O)cc3)cc2)cc1. The highest BCUT2D eigenvalue weighted by molar-refractivity contribution is 5.91. The van der Waals surface area contributed by atoms with Crippen molar-refractivity contribution in [2.45, 2.75) is 19.8 Å². The maximum Gasteiger partial charge on any atom is 0.343 e. The lowest BCUT2D eigenvalue weighted by molar-refractivity contribution is -0.139. The van der Waals surface area contributed by atoms with E-state index in [1.807, 2.05) is 36.4 Å². The van der Waals surface area contributed by atoms with Crippen LogP contribution in [0.2, 0.25) is 0 Å². The molecule has 0 unspecified atom stereocenters. The van der Waals surface area contributed by atoms with E-state index >= 15 is 0 Å². The highest BCUT2D eigenvalue weighted by Crippen LogP contribution is 2.24. The number of hydrogen-bond donors (Lipinski definition) is 1. The fraction of sp³-hybridized carbons (Fsp3) is 0.207. The Kier molecular flexibility index (Phi) is 9.84. The Bertz CT molecular complexity index is 1210. The van der Waals surface area contributed by atoms with Crippen molar-refractivity contribution in [2.75, 3.05) is 19.8 Å². The van der Waals surface area contributed by atoms with Gasteiger partial charge in [-0.05, 0) is 73.0 Å². The molecule has 0 aliphatic rings. The number of rotatable bonds is 13. The highest BCUT2D eigenvalue weighted by Gasteiger charge is 2.10. The molecule has 3 aromatic rings. The zero-order valence-electron chi connectivity index (χ0n) is 20.5. The minimum Gasteiger partial charge on any atom is -0.494 e. The van der Waals surface area contributed by atoms with E-state index < -0.39 is 17.9 Å². The van der Waals surface area contributed by atoms with Gasteiger partial charge in [-0.25, -0.2) is 9.59 Å². The molecule has 8 heteroatoms. The molecule has 0 aliphatic heterocycles. The molecule has 192 valence electrons. The second kappa shape index (κ2) is 13.5. The van der Waals surface area contributed by atoms with Gasteiger partial charge in [-0.1, -0.05) is 30.8 Å². The second-order valence-corrected chi connectivity index (χ2v) is 8.07. The summed E-state index contributed by atoms with van der Waals surface area (Å²) in [6, 6.07) is 21.0. The molecule has 0 aromatic heterocycles. The van der Waals surface area contributed by atoms with Gasteiger partial charge in [-0.2, -0.15) is 0 Å². The van der Waals surface area contributed by atoms with Gasteiger partial charge in [0.1, 0.15) is 30.5 Å². The Balaban J connectivity index is 1.47. The summed E-state index contributed by atoms with van der Waals surface area (Å²) in [5.41, 5.74) is 2.61. The van der Waals surface area contributed by atoms with Crippen molar-refractivity contribution in [2.24, 2.45) is 0 Å². The minimum atomic E-state index is -0.862. The van der Waals surface area contributed by atoms with Gasteiger partial charge in [0.2, 0.25) is 0 Å². The van der Waals surface area contributed by atoms with Crippen LogP contribution in [0.15, 0.2) is 84.9 Å². The van der Waals surface area contributed by atoms with Gasteiger partial charge in [0, 0.05) is 12.0 Å². The zero-order valence-corrected chi connectivity index (χ0v) is 20.5. The van der Waals surface area contributed by atoms with Crippen LogP contribution < -0.4 is 14.2 Å². The standard InChI is InChI=1S/C29H28O8/c1-20(2)28(32)36-19-18-35-24-11-9-22(10-12-24)21-5-7-23(8-6-21)29(33)37-26-15-13-25(14-16-26)34-17-3-4-27(30)31/h5-16H,1,3-4,17-19H2,2H3,(H,30,31). The van der Waals surface area contributed by atoms with Crippen LogP contribution in [-0.2, 0) is 14.3 Å². The number of carboxylic acid groups (broad SMARTS) is 1. The van der Waals surface area contributed by atoms with Gasteiger partial charge in [-0.3, -0.25) is 4.79 Å². The average Bonchev–Trinajstić information content (AvgIpc) is 2.90. The van der Waals surface area contributed by atoms with Crippen LogP contribution in [0.3, 0.4) is 0 Å². The van der Waals surface area contributed by atoms with Crippen molar-refractivity contribution < 1.29 is 38.4 Å². The molecule has 0 saturated heterocycles. The first-order chi connectivity index (χ1) is 17.8. The first-order valence-corrected chi connectivity index (χ1v) is 11.6. The number of carbonyl (C=O) groups is 3. The molecule has 0 bridgehead atoms. The minimum absolute atomic E-state index is 0.0462. The third-order valence-corrected chi connectivity index (χ3v) is 5.08.